The zero-order chi connectivity index (χ0) is 8.97. The molecule has 0 saturated heterocycles. The van der Waals surface area contributed by atoms with Gasteiger partial charge in [0.1, 0.15) is 0 Å². The lowest BCUT2D eigenvalue weighted by Crippen LogP contribution is -2.21. The lowest BCUT2D eigenvalue weighted by atomic mass is 9.94. The smallest absolute Gasteiger partial charge is 0.160 e. The van der Waals surface area contributed by atoms with Crippen molar-refractivity contribution >= 4 is 5.78 Å². The summed E-state index contributed by atoms with van der Waals surface area (Å²) >= 11 is 0. The van der Waals surface area contributed by atoms with Crippen LogP contribution in [0.5, 0.6) is 0 Å². The van der Waals surface area contributed by atoms with Crippen molar-refractivity contribution in [1.29, 1.82) is 0 Å². The SMILES string of the molecule is CC(N)CC(=O)C1=CCCCC1. The van der Waals surface area contributed by atoms with E-state index in [-0.39, 0.29) is 11.8 Å². The summed E-state index contributed by atoms with van der Waals surface area (Å²) < 4.78 is 0. The van der Waals surface area contributed by atoms with E-state index in [1.165, 1.54) is 6.42 Å². The Kier molecular flexibility index (Phi) is 3.48. The van der Waals surface area contributed by atoms with Gasteiger partial charge in [-0.1, -0.05) is 6.08 Å². The number of allylic oxidation sites excluding steroid dienone is 2. The molecule has 0 saturated carbocycles. The molecule has 1 aliphatic rings. The molecular weight excluding hydrogens is 150 g/mol. The number of carbonyl (C=O) groups is 1. The van der Waals surface area contributed by atoms with E-state index in [0.717, 1.165) is 24.8 Å². The van der Waals surface area contributed by atoms with Gasteiger partial charge in [0.05, 0.1) is 0 Å². The van der Waals surface area contributed by atoms with E-state index >= 15 is 0 Å². The monoisotopic (exact) mass is 167 g/mol. The van der Waals surface area contributed by atoms with Crippen molar-refractivity contribution in [2.75, 3.05) is 0 Å². The second-order valence-corrected chi connectivity index (χ2v) is 3.58. The molecule has 0 fully saturated rings. The van der Waals surface area contributed by atoms with E-state index in [2.05, 4.69) is 6.08 Å². The summed E-state index contributed by atoms with van der Waals surface area (Å²) in [6.07, 6.45) is 7.01. The molecule has 1 atom stereocenters. The molecule has 0 aromatic heterocycles. The number of Topliss-reactive ketones (excluding diaryl/α,β-unsaturated/α-hetero) is 1. The summed E-state index contributed by atoms with van der Waals surface area (Å²) in [6.45, 7) is 1.88. The Morgan fingerprint density at radius 2 is 2.42 bits per heavy atom. The molecule has 12 heavy (non-hydrogen) atoms. The number of hydrogen-bond donors (Lipinski definition) is 1. The molecule has 0 aliphatic heterocycles. The van der Waals surface area contributed by atoms with Crippen LogP contribution in [0.1, 0.15) is 39.0 Å². The largest absolute Gasteiger partial charge is 0.328 e. The molecule has 68 valence electrons. The Morgan fingerprint density at radius 1 is 1.67 bits per heavy atom. The van der Waals surface area contributed by atoms with Crippen LogP contribution in [0.2, 0.25) is 0 Å². The number of nitrogens with two attached hydrogens (primary N) is 1. The summed E-state index contributed by atoms with van der Waals surface area (Å²) in [5.41, 5.74) is 6.56. The first-order chi connectivity index (χ1) is 5.70. The van der Waals surface area contributed by atoms with Gasteiger partial charge in [0.15, 0.2) is 5.78 Å². The van der Waals surface area contributed by atoms with Crippen LogP contribution >= 0.6 is 0 Å². The molecular formula is C10H17NO. The third-order valence-electron chi connectivity index (χ3n) is 2.16. The first kappa shape index (κ1) is 9.46. The fourth-order valence-electron chi connectivity index (χ4n) is 1.51. The Labute approximate surface area is 73.8 Å². The van der Waals surface area contributed by atoms with E-state index in [9.17, 15) is 4.79 Å². The summed E-state index contributed by atoms with van der Waals surface area (Å²) in [7, 11) is 0. The Morgan fingerprint density at radius 3 is 2.92 bits per heavy atom. The van der Waals surface area contributed by atoms with Crippen molar-refractivity contribution < 1.29 is 4.79 Å². The zero-order valence-electron chi connectivity index (χ0n) is 7.68. The minimum Gasteiger partial charge on any atom is -0.328 e. The predicted octanol–water partition coefficient (Wildman–Crippen LogP) is 1.79. The van der Waals surface area contributed by atoms with Crippen molar-refractivity contribution in [1.82, 2.24) is 0 Å². The molecule has 0 spiro atoms. The summed E-state index contributed by atoms with van der Waals surface area (Å²) in [4.78, 5) is 11.5. The summed E-state index contributed by atoms with van der Waals surface area (Å²) in [5.74, 6) is 0.254. The molecule has 0 aromatic rings. The highest BCUT2D eigenvalue weighted by molar-refractivity contribution is 5.95. The van der Waals surface area contributed by atoms with Gasteiger partial charge in [-0.25, -0.2) is 0 Å². The quantitative estimate of drug-likeness (QED) is 0.696. The van der Waals surface area contributed by atoms with Crippen molar-refractivity contribution in [3.05, 3.63) is 11.6 Å². The normalized spacial score (nSPS) is 20.0. The Bertz CT molecular complexity index is 194. The highest BCUT2D eigenvalue weighted by atomic mass is 16.1. The highest BCUT2D eigenvalue weighted by Gasteiger charge is 2.13. The van der Waals surface area contributed by atoms with Crippen LogP contribution in [-0.2, 0) is 4.79 Å². The molecule has 0 radical (unpaired) electrons. The van der Waals surface area contributed by atoms with Gasteiger partial charge in [-0.15, -0.1) is 0 Å². The first-order valence-corrected chi connectivity index (χ1v) is 4.68. The lowest BCUT2D eigenvalue weighted by molar-refractivity contribution is -0.116. The first-order valence-electron chi connectivity index (χ1n) is 4.68. The topological polar surface area (TPSA) is 43.1 Å². The predicted molar refractivity (Wildman–Crippen MR) is 49.8 cm³/mol. The van der Waals surface area contributed by atoms with Crippen molar-refractivity contribution in [3.8, 4) is 0 Å². The van der Waals surface area contributed by atoms with E-state index in [1.807, 2.05) is 6.92 Å². The molecule has 0 heterocycles. The molecule has 1 rings (SSSR count). The van der Waals surface area contributed by atoms with Crippen molar-refractivity contribution in [2.45, 2.75) is 45.1 Å². The molecule has 2 nitrogen and oxygen atoms in total. The van der Waals surface area contributed by atoms with Crippen LogP contribution in [0, 0.1) is 0 Å². The highest BCUT2D eigenvalue weighted by Crippen LogP contribution is 2.19. The third kappa shape index (κ3) is 2.78. The maximum atomic E-state index is 11.5. The van der Waals surface area contributed by atoms with Crippen molar-refractivity contribution in [3.63, 3.8) is 0 Å². The van der Waals surface area contributed by atoms with Gasteiger partial charge < -0.3 is 5.73 Å². The van der Waals surface area contributed by atoms with E-state index in [1.54, 1.807) is 0 Å². The van der Waals surface area contributed by atoms with Gasteiger partial charge in [-0.3, -0.25) is 4.79 Å². The van der Waals surface area contributed by atoms with Crippen LogP contribution in [0.4, 0.5) is 0 Å². The second kappa shape index (κ2) is 4.41. The number of rotatable bonds is 3. The van der Waals surface area contributed by atoms with Gasteiger partial charge >= 0.3 is 0 Å². The second-order valence-electron chi connectivity index (χ2n) is 3.58. The van der Waals surface area contributed by atoms with Gasteiger partial charge in [-0.2, -0.15) is 0 Å². The van der Waals surface area contributed by atoms with Crippen LogP contribution in [0.25, 0.3) is 0 Å². The van der Waals surface area contributed by atoms with Crippen LogP contribution in [-0.4, -0.2) is 11.8 Å². The maximum absolute atomic E-state index is 11.5. The van der Waals surface area contributed by atoms with Gasteiger partial charge in [-0.05, 0) is 38.2 Å². The van der Waals surface area contributed by atoms with E-state index in [0.29, 0.717) is 6.42 Å². The molecule has 1 aliphatic carbocycles. The Balaban J connectivity index is 2.45. The molecule has 2 heteroatoms. The average Bonchev–Trinajstić information content (AvgIpc) is 2.05. The Hall–Kier alpha value is -0.630. The molecule has 2 N–H and O–H groups in total. The average molecular weight is 167 g/mol. The van der Waals surface area contributed by atoms with Crippen LogP contribution in [0.15, 0.2) is 11.6 Å². The van der Waals surface area contributed by atoms with Gasteiger partial charge in [0.25, 0.3) is 0 Å². The molecule has 0 bridgehead atoms. The van der Waals surface area contributed by atoms with Crippen molar-refractivity contribution in [2.24, 2.45) is 5.73 Å². The molecule has 1 unspecified atom stereocenters. The van der Waals surface area contributed by atoms with Gasteiger partial charge in [0, 0.05) is 12.5 Å². The van der Waals surface area contributed by atoms with E-state index < -0.39 is 0 Å². The fourth-order valence-corrected chi connectivity index (χ4v) is 1.51. The zero-order valence-corrected chi connectivity index (χ0v) is 7.68. The summed E-state index contributed by atoms with van der Waals surface area (Å²) in [6, 6.07) is 0.000302. The minimum atomic E-state index is 0.000302. The molecule has 0 aromatic carbocycles. The lowest BCUT2D eigenvalue weighted by Gasteiger charge is -2.12. The minimum absolute atomic E-state index is 0.000302. The number of carbonyl (C=O) groups excluding carboxylic acids is 1. The summed E-state index contributed by atoms with van der Waals surface area (Å²) in [5, 5.41) is 0. The number of ketones is 1. The standard InChI is InChI=1S/C10H17NO/c1-8(11)7-10(12)9-5-3-2-4-6-9/h5,8H,2-4,6-7,11H2,1H3. The maximum Gasteiger partial charge on any atom is 0.160 e. The van der Waals surface area contributed by atoms with Gasteiger partial charge in [0.2, 0.25) is 0 Å². The van der Waals surface area contributed by atoms with Crippen LogP contribution < -0.4 is 5.73 Å². The number of hydrogen-bond acceptors (Lipinski definition) is 2. The fraction of sp³-hybridized carbons (Fsp3) is 0.700. The molecule has 0 amide bonds. The third-order valence-corrected chi connectivity index (χ3v) is 2.16. The van der Waals surface area contributed by atoms with Crippen LogP contribution in [0.3, 0.4) is 0 Å². The van der Waals surface area contributed by atoms with E-state index in [4.69, 9.17) is 5.73 Å².